The van der Waals surface area contributed by atoms with E-state index >= 15 is 0 Å². The van der Waals surface area contributed by atoms with Crippen LogP contribution in [0.25, 0.3) is 11.0 Å². The molecule has 0 radical (unpaired) electrons. The molecule has 0 atom stereocenters. The summed E-state index contributed by atoms with van der Waals surface area (Å²) >= 11 is 0. The van der Waals surface area contributed by atoms with Crippen molar-refractivity contribution in [1.82, 2.24) is 20.2 Å². The fraction of sp³-hybridized carbons (Fsp3) is 0.444. The van der Waals surface area contributed by atoms with Gasteiger partial charge in [-0.1, -0.05) is 6.07 Å². The van der Waals surface area contributed by atoms with Gasteiger partial charge in [-0.15, -0.1) is 0 Å². The van der Waals surface area contributed by atoms with Gasteiger partial charge in [0.25, 0.3) is 5.91 Å². The summed E-state index contributed by atoms with van der Waals surface area (Å²) in [6, 6.07) is 12.5. The molecular formula is C27H31N5O. The third-order valence-corrected chi connectivity index (χ3v) is 7.46. The molecule has 170 valence electrons. The summed E-state index contributed by atoms with van der Waals surface area (Å²) in [6.07, 6.45) is 11.3. The summed E-state index contributed by atoms with van der Waals surface area (Å²) in [4.78, 5) is 22.7. The molecule has 2 N–H and O–H groups in total. The van der Waals surface area contributed by atoms with Gasteiger partial charge in [-0.05, 0) is 92.8 Å². The number of rotatable bonds is 5. The summed E-state index contributed by atoms with van der Waals surface area (Å²) < 4.78 is 0. The van der Waals surface area contributed by atoms with Gasteiger partial charge in [0.15, 0.2) is 0 Å². The second kappa shape index (κ2) is 9.76. The first-order valence-electron chi connectivity index (χ1n) is 12.2. The SMILES string of the molecule is N#Cc1ccc2c(c1)CCN(CCC1CCC(NC(=O)c3c[nH]c4ncccc34)CC1)CC2. The van der Waals surface area contributed by atoms with Gasteiger partial charge in [-0.25, -0.2) is 4.98 Å². The van der Waals surface area contributed by atoms with Crippen molar-refractivity contribution in [3.63, 3.8) is 0 Å². The number of nitrogens with one attached hydrogen (secondary N) is 2. The van der Waals surface area contributed by atoms with Crippen molar-refractivity contribution in [2.45, 2.75) is 51.0 Å². The summed E-state index contributed by atoms with van der Waals surface area (Å²) in [5.74, 6) is 0.743. The Morgan fingerprint density at radius 2 is 1.97 bits per heavy atom. The van der Waals surface area contributed by atoms with Crippen LogP contribution >= 0.6 is 0 Å². The van der Waals surface area contributed by atoms with Gasteiger partial charge < -0.3 is 15.2 Å². The van der Waals surface area contributed by atoms with E-state index in [1.807, 2.05) is 18.2 Å². The number of pyridine rings is 1. The lowest BCUT2D eigenvalue weighted by atomic mass is 9.84. The highest BCUT2D eigenvalue weighted by Gasteiger charge is 2.24. The summed E-state index contributed by atoms with van der Waals surface area (Å²) in [7, 11) is 0. The predicted molar refractivity (Wildman–Crippen MR) is 129 cm³/mol. The fourth-order valence-corrected chi connectivity index (χ4v) is 5.43. The van der Waals surface area contributed by atoms with Gasteiger partial charge in [-0.3, -0.25) is 4.79 Å². The number of fused-ring (bicyclic) bond motifs is 2. The van der Waals surface area contributed by atoms with E-state index in [1.54, 1.807) is 12.4 Å². The zero-order chi connectivity index (χ0) is 22.6. The van der Waals surface area contributed by atoms with Crippen LogP contribution in [0.15, 0.2) is 42.7 Å². The molecule has 0 saturated heterocycles. The molecule has 1 aliphatic heterocycles. The van der Waals surface area contributed by atoms with E-state index in [0.29, 0.717) is 5.56 Å². The molecule has 1 saturated carbocycles. The highest BCUT2D eigenvalue weighted by atomic mass is 16.1. The van der Waals surface area contributed by atoms with Crippen LogP contribution in [0, 0.1) is 17.2 Å². The summed E-state index contributed by atoms with van der Waals surface area (Å²) in [6.45, 7) is 3.32. The number of hydrogen-bond donors (Lipinski definition) is 2. The smallest absolute Gasteiger partial charge is 0.253 e. The van der Waals surface area contributed by atoms with Crippen LogP contribution in [0.4, 0.5) is 0 Å². The molecule has 3 aromatic rings. The molecule has 1 amide bonds. The molecule has 5 rings (SSSR count). The molecule has 1 aliphatic carbocycles. The van der Waals surface area contributed by atoms with Crippen LogP contribution in [-0.4, -0.2) is 46.5 Å². The number of nitrogens with zero attached hydrogens (tertiary/aromatic N) is 3. The van der Waals surface area contributed by atoms with Crippen LogP contribution < -0.4 is 5.32 Å². The Morgan fingerprint density at radius 1 is 1.15 bits per heavy atom. The number of aromatic amines is 1. The van der Waals surface area contributed by atoms with E-state index in [4.69, 9.17) is 5.26 Å². The van der Waals surface area contributed by atoms with Crippen LogP contribution in [0.5, 0.6) is 0 Å². The second-order valence-corrected chi connectivity index (χ2v) is 9.52. The van der Waals surface area contributed by atoms with E-state index in [1.165, 1.54) is 30.4 Å². The van der Waals surface area contributed by atoms with Crippen molar-refractivity contribution in [3.05, 3.63) is 65.0 Å². The van der Waals surface area contributed by atoms with Gasteiger partial charge in [-0.2, -0.15) is 5.26 Å². The summed E-state index contributed by atoms with van der Waals surface area (Å²) in [5, 5.41) is 13.3. The maximum Gasteiger partial charge on any atom is 0.253 e. The number of benzene rings is 1. The number of carbonyl (C=O) groups is 1. The first-order valence-corrected chi connectivity index (χ1v) is 12.2. The van der Waals surface area contributed by atoms with Gasteiger partial charge >= 0.3 is 0 Å². The minimum absolute atomic E-state index is 0.00129. The van der Waals surface area contributed by atoms with Crippen molar-refractivity contribution < 1.29 is 4.79 Å². The number of nitriles is 1. The normalized spacial score (nSPS) is 21.2. The second-order valence-electron chi connectivity index (χ2n) is 9.52. The molecule has 6 heteroatoms. The van der Waals surface area contributed by atoms with Crippen LogP contribution in [0.1, 0.15) is 59.2 Å². The first-order chi connectivity index (χ1) is 16.2. The standard InChI is InChI=1S/C27H31N5O/c28-17-20-3-6-21-10-14-32(15-11-22(21)16-20)13-9-19-4-7-23(8-5-19)31-27(33)25-18-30-26-24(25)2-1-12-29-26/h1-3,6,12,16,18-19,23H,4-5,7-11,13-15H2,(H,29,30)(H,31,33). The van der Waals surface area contributed by atoms with E-state index in [2.05, 4.69) is 38.4 Å². The predicted octanol–water partition coefficient (Wildman–Crippen LogP) is 4.21. The Morgan fingerprint density at radius 3 is 2.79 bits per heavy atom. The largest absolute Gasteiger partial charge is 0.349 e. The van der Waals surface area contributed by atoms with Crippen LogP contribution in [-0.2, 0) is 12.8 Å². The van der Waals surface area contributed by atoms with Crippen molar-refractivity contribution >= 4 is 16.9 Å². The Balaban J connectivity index is 1.07. The Labute approximate surface area is 195 Å². The van der Waals surface area contributed by atoms with Crippen molar-refractivity contribution in [2.75, 3.05) is 19.6 Å². The van der Waals surface area contributed by atoms with Crippen molar-refractivity contribution in [3.8, 4) is 6.07 Å². The zero-order valence-corrected chi connectivity index (χ0v) is 19.0. The Hall–Kier alpha value is -3.17. The molecule has 3 heterocycles. The molecule has 2 aliphatic rings. The van der Waals surface area contributed by atoms with Gasteiger partial charge in [0.05, 0.1) is 17.2 Å². The van der Waals surface area contributed by atoms with E-state index < -0.39 is 0 Å². The molecule has 0 bridgehead atoms. The topological polar surface area (TPSA) is 84.8 Å². The quantitative estimate of drug-likeness (QED) is 0.621. The minimum atomic E-state index is 0.00129. The lowest BCUT2D eigenvalue weighted by Gasteiger charge is -2.30. The van der Waals surface area contributed by atoms with Crippen molar-refractivity contribution in [1.29, 1.82) is 5.26 Å². The molecule has 0 unspecified atom stereocenters. The molecule has 33 heavy (non-hydrogen) atoms. The zero-order valence-electron chi connectivity index (χ0n) is 19.0. The number of carbonyl (C=O) groups excluding carboxylic acids is 1. The van der Waals surface area contributed by atoms with Gasteiger partial charge in [0, 0.05) is 36.9 Å². The van der Waals surface area contributed by atoms with Crippen LogP contribution in [0.2, 0.25) is 0 Å². The van der Waals surface area contributed by atoms with E-state index in [-0.39, 0.29) is 11.9 Å². The summed E-state index contributed by atoms with van der Waals surface area (Å²) in [5.41, 5.74) is 4.96. The number of aromatic nitrogens is 2. The van der Waals surface area contributed by atoms with Crippen molar-refractivity contribution in [2.24, 2.45) is 5.92 Å². The highest BCUT2D eigenvalue weighted by molar-refractivity contribution is 6.05. The number of hydrogen-bond acceptors (Lipinski definition) is 4. The van der Waals surface area contributed by atoms with E-state index in [0.717, 1.165) is 67.8 Å². The molecular weight excluding hydrogens is 410 g/mol. The Bertz CT molecular complexity index is 1170. The maximum atomic E-state index is 12.8. The van der Waals surface area contributed by atoms with E-state index in [9.17, 15) is 4.79 Å². The number of amides is 1. The molecule has 6 nitrogen and oxygen atoms in total. The third-order valence-electron chi connectivity index (χ3n) is 7.46. The third kappa shape index (κ3) is 4.94. The van der Waals surface area contributed by atoms with Gasteiger partial charge in [0.2, 0.25) is 0 Å². The van der Waals surface area contributed by atoms with Crippen LogP contribution in [0.3, 0.4) is 0 Å². The molecule has 1 fully saturated rings. The average molecular weight is 442 g/mol. The monoisotopic (exact) mass is 441 g/mol. The lowest BCUT2D eigenvalue weighted by molar-refractivity contribution is 0.0921. The Kier molecular flexibility index (Phi) is 6.41. The lowest BCUT2D eigenvalue weighted by Crippen LogP contribution is -2.38. The highest BCUT2D eigenvalue weighted by Crippen LogP contribution is 2.28. The number of H-pyrrole nitrogens is 1. The molecule has 1 aromatic carbocycles. The molecule has 0 spiro atoms. The van der Waals surface area contributed by atoms with Gasteiger partial charge in [0.1, 0.15) is 5.65 Å². The fourth-order valence-electron chi connectivity index (χ4n) is 5.43. The maximum absolute atomic E-state index is 12.8. The molecule has 2 aromatic heterocycles. The first kappa shape index (κ1) is 21.7. The average Bonchev–Trinajstić information content (AvgIpc) is 3.18. The minimum Gasteiger partial charge on any atom is -0.349 e.